The summed E-state index contributed by atoms with van der Waals surface area (Å²) < 4.78 is 12.4. The summed E-state index contributed by atoms with van der Waals surface area (Å²) in [5, 5.41) is 0.571. The van der Waals surface area contributed by atoms with Crippen LogP contribution < -0.4 is 9.47 Å². The van der Waals surface area contributed by atoms with Gasteiger partial charge in [0.1, 0.15) is 11.5 Å². The Morgan fingerprint density at radius 2 is 1.45 bits per heavy atom. The molecule has 1 saturated carbocycles. The van der Waals surface area contributed by atoms with Crippen molar-refractivity contribution >= 4 is 11.6 Å². The van der Waals surface area contributed by atoms with E-state index in [9.17, 15) is 0 Å². The molecule has 0 amide bonds. The standard InChI is InChI=1S/C19H19ClO2/c1-13-8-4-6-10-17(13)21-19(12-16(19)15(3)20)22-18-11-7-5-9-14(18)2/h4-11,16H,3,12H2,1-2H3. The zero-order valence-electron chi connectivity index (χ0n) is 12.8. The van der Waals surface area contributed by atoms with E-state index in [4.69, 9.17) is 21.1 Å². The number of rotatable bonds is 5. The molecular formula is C19H19ClO2. The number of hydrogen-bond donors (Lipinski definition) is 0. The fraction of sp³-hybridized carbons (Fsp3) is 0.263. The third-order valence-corrected chi connectivity index (χ3v) is 4.25. The molecule has 1 aliphatic carbocycles. The molecule has 0 heterocycles. The Kier molecular flexibility index (Phi) is 3.88. The molecule has 2 aromatic carbocycles. The van der Waals surface area contributed by atoms with E-state index < -0.39 is 5.79 Å². The summed E-state index contributed by atoms with van der Waals surface area (Å²) >= 11 is 6.12. The van der Waals surface area contributed by atoms with Crippen LogP contribution in [0.3, 0.4) is 0 Å². The smallest absolute Gasteiger partial charge is 0.260 e. The molecule has 0 radical (unpaired) electrons. The summed E-state index contributed by atoms with van der Waals surface area (Å²) in [5.74, 6) is 0.873. The van der Waals surface area contributed by atoms with Crippen LogP contribution in [0, 0.1) is 19.8 Å². The van der Waals surface area contributed by atoms with E-state index in [0.717, 1.165) is 22.6 Å². The van der Waals surface area contributed by atoms with Gasteiger partial charge in [0.05, 0.1) is 5.92 Å². The van der Waals surface area contributed by atoms with Crippen molar-refractivity contribution in [3.63, 3.8) is 0 Å². The number of benzene rings is 2. The van der Waals surface area contributed by atoms with Crippen molar-refractivity contribution in [3.8, 4) is 11.5 Å². The van der Waals surface area contributed by atoms with Crippen LogP contribution in [-0.2, 0) is 0 Å². The predicted molar refractivity (Wildman–Crippen MR) is 89.4 cm³/mol. The number of halogens is 1. The first kappa shape index (κ1) is 15.0. The van der Waals surface area contributed by atoms with Gasteiger partial charge in [0.15, 0.2) is 0 Å². The molecule has 3 rings (SSSR count). The second-order valence-electron chi connectivity index (χ2n) is 5.75. The molecule has 1 unspecified atom stereocenters. The van der Waals surface area contributed by atoms with Crippen LogP contribution in [0.5, 0.6) is 11.5 Å². The minimum atomic E-state index is -0.753. The molecule has 22 heavy (non-hydrogen) atoms. The lowest BCUT2D eigenvalue weighted by Crippen LogP contribution is -2.29. The summed E-state index contributed by atoms with van der Waals surface area (Å²) in [6.07, 6.45) is 0.706. The number of para-hydroxylation sites is 2. The van der Waals surface area contributed by atoms with E-state index in [0.29, 0.717) is 11.5 Å². The quantitative estimate of drug-likeness (QED) is 0.703. The highest BCUT2D eigenvalue weighted by atomic mass is 35.5. The van der Waals surface area contributed by atoms with Crippen LogP contribution in [-0.4, -0.2) is 5.79 Å². The minimum absolute atomic E-state index is 0.00613. The van der Waals surface area contributed by atoms with Gasteiger partial charge in [0.2, 0.25) is 0 Å². The first-order valence-electron chi connectivity index (χ1n) is 7.35. The molecule has 2 nitrogen and oxygen atoms in total. The average molecular weight is 315 g/mol. The van der Waals surface area contributed by atoms with Crippen molar-refractivity contribution in [2.24, 2.45) is 5.92 Å². The molecule has 0 aliphatic heterocycles. The summed E-state index contributed by atoms with van der Waals surface area (Å²) in [6, 6.07) is 15.8. The second-order valence-corrected chi connectivity index (χ2v) is 6.24. The fourth-order valence-electron chi connectivity index (χ4n) is 2.54. The van der Waals surface area contributed by atoms with Gasteiger partial charge in [0.25, 0.3) is 5.79 Å². The van der Waals surface area contributed by atoms with Crippen LogP contribution >= 0.6 is 11.6 Å². The van der Waals surface area contributed by atoms with Crippen LogP contribution in [0.15, 0.2) is 60.1 Å². The van der Waals surface area contributed by atoms with E-state index in [1.165, 1.54) is 0 Å². The van der Waals surface area contributed by atoms with Crippen LogP contribution in [0.25, 0.3) is 0 Å². The van der Waals surface area contributed by atoms with Crippen molar-refractivity contribution in [1.29, 1.82) is 0 Å². The first-order chi connectivity index (χ1) is 10.5. The number of aryl methyl sites for hydroxylation is 2. The van der Waals surface area contributed by atoms with Gasteiger partial charge < -0.3 is 9.47 Å². The largest absolute Gasteiger partial charge is 0.451 e. The van der Waals surface area contributed by atoms with E-state index in [1.807, 2.05) is 62.4 Å². The minimum Gasteiger partial charge on any atom is -0.451 e. The second kappa shape index (κ2) is 5.69. The zero-order chi connectivity index (χ0) is 15.7. The van der Waals surface area contributed by atoms with Crippen molar-refractivity contribution in [3.05, 3.63) is 71.3 Å². The van der Waals surface area contributed by atoms with E-state index in [-0.39, 0.29) is 5.92 Å². The highest BCUT2D eigenvalue weighted by Crippen LogP contribution is 2.53. The van der Waals surface area contributed by atoms with Gasteiger partial charge >= 0.3 is 0 Å². The van der Waals surface area contributed by atoms with Gasteiger partial charge in [-0.3, -0.25) is 0 Å². The Balaban J connectivity index is 1.89. The molecule has 0 bridgehead atoms. The van der Waals surface area contributed by atoms with Gasteiger partial charge in [-0.15, -0.1) is 0 Å². The topological polar surface area (TPSA) is 18.5 Å². The molecule has 2 aromatic rings. The van der Waals surface area contributed by atoms with Gasteiger partial charge in [-0.2, -0.15) is 0 Å². The molecule has 0 N–H and O–H groups in total. The Hall–Kier alpha value is -1.93. The van der Waals surface area contributed by atoms with Crippen LogP contribution in [0.4, 0.5) is 0 Å². The average Bonchev–Trinajstić information content (AvgIpc) is 3.19. The fourth-order valence-corrected chi connectivity index (χ4v) is 2.78. The van der Waals surface area contributed by atoms with Crippen molar-refractivity contribution in [2.75, 3.05) is 0 Å². The molecule has 1 atom stereocenters. The third-order valence-electron chi connectivity index (χ3n) is 3.99. The molecule has 0 saturated heterocycles. The summed E-state index contributed by atoms with van der Waals surface area (Å²) in [4.78, 5) is 0. The summed E-state index contributed by atoms with van der Waals surface area (Å²) in [6.45, 7) is 7.88. The SMILES string of the molecule is C=C(Cl)C1CC1(Oc1ccccc1C)Oc1ccccc1C. The maximum absolute atomic E-state index is 6.21. The van der Waals surface area contributed by atoms with E-state index >= 15 is 0 Å². The maximum atomic E-state index is 6.21. The maximum Gasteiger partial charge on any atom is 0.260 e. The highest BCUT2D eigenvalue weighted by molar-refractivity contribution is 6.29. The molecule has 1 aliphatic rings. The Morgan fingerprint density at radius 3 is 1.82 bits per heavy atom. The van der Waals surface area contributed by atoms with Crippen LogP contribution in [0.1, 0.15) is 17.5 Å². The molecule has 0 spiro atoms. The van der Waals surface area contributed by atoms with Gasteiger partial charge in [-0.05, 0) is 37.1 Å². The Bertz CT molecular complexity index is 661. The molecular weight excluding hydrogens is 296 g/mol. The third kappa shape index (κ3) is 2.84. The van der Waals surface area contributed by atoms with Crippen LogP contribution in [0.2, 0.25) is 0 Å². The molecule has 114 valence electrons. The lowest BCUT2D eigenvalue weighted by atomic mass is 10.2. The van der Waals surface area contributed by atoms with Crippen molar-refractivity contribution in [1.82, 2.24) is 0 Å². The number of hydrogen-bond acceptors (Lipinski definition) is 2. The Morgan fingerprint density at radius 1 is 1.00 bits per heavy atom. The lowest BCUT2D eigenvalue weighted by Gasteiger charge is -2.23. The first-order valence-corrected chi connectivity index (χ1v) is 7.73. The monoisotopic (exact) mass is 314 g/mol. The normalized spacial score (nSPS) is 18.6. The molecule has 3 heteroatoms. The van der Waals surface area contributed by atoms with Crippen molar-refractivity contribution in [2.45, 2.75) is 26.1 Å². The van der Waals surface area contributed by atoms with Crippen molar-refractivity contribution < 1.29 is 9.47 Å². The summed E-state index contributed by atoms with van der Waals surface area (Å²) in [7, 11) is 0. The predicted octanol–water partition coefficient (Wildman–Crippen LogP) is 5.23. The number of ether oxygens (including phenoxy) is 2. The van der Waals surface area contributed by atoms with Gasteiger partial charge in [0, 0.05) is 11.5 Å². The highest BCUT2D eigenvalue weighted by Gasteiger charge is 2.62. The summed E-state index contributed by atoms with van der Waals surface area (Å²) in [5.41, 5.74) is 2.14. The van der Waals surface area contributed by atoms with E-state index in [2.05, 4.69) is 6.58 Å². The van der Waals surface area contributed by atoms with Gasteiger partial charge in [-0.1, -0.05) is 54.6 Å². The molecule has 0 aromatic heterocycles. The zero-order valence-corrected chi connectivity index (χ0v) is 13.6. The Labute approximate surface area is 136 Å². The van der Waals surface area contributed by atoms with Gasteiger partial charge in [-0.25, -0.2) is 0 Å². The molecule has 1 fully saturated rings. The van der Waals surface area contributed by atoms with E-state index in [1.54, 1.807) is 0 Å². The lowest BCUT2D eigenvalue weighted by molar-refractivity contribution is -0.0320.